The highest BCUT2D eigenvalue weighted by Crippen LogP contribution is 2.25. The smallest absolute Gasteiger partial charge is 0.437 e. The van der Waals surface area contributed by atoms with E-state index in [-0.39, 0.29) is 17.7 Å². The Morgan fingerprint density at radius 1 is 1.14 bits per heavy atom. The molecule has 5 N–H and O–H groups in total. The fourth-order valence-corrected chi connectivity index (χ4v) is 3.00. The minimum Gasteiger partial charge on any atom is -0.443 e. The van der Waals surface area contributed by atoms with E-state index in [4.69, 9.17) is 16.2 Å². The van der Waals surface area contributed by atoms with Crippen molar-refractivity contribution in [1.82, 2.24) is 4.98 Å². The molecule has 0 aliphatic carbocycles. The number of H-pyrrole nitrogens is 1. The van der Waals surface area contributed by atoms with Crippen LogP contribution in [0, 0.1) is 5.82 Å². The standard InChI is InChI=1S/C18H21FN6O3/c19-16-12(11-28-18(27)23-17(20)21)2-1-3-14(16)25-8-6-24(7-9-25)13-4-5-15(26)22-10-13/h1-5,10H,6-9,11H2,(H,22,26)(H4,20,21,23,27). The Kier molecular flexibility index (Phi) is 5.78. The lowest BCUT2D eigenvalue weighted by Crippen LogP contribution is -2.47. The predicted octanol–water partition coefficient (Wildman–Crippen LogP) is 0.751. The second-order valence-electron chi connectivity index (χ2n) is 6.23. The van der Waals surface area contributed by atoms with Gasteiger partial charge in [0.25, 0.3) is 0 Å². The summed E-state index contributed by atoms with van der Waals surface area (Å²) in [6.07, 6.45) is 0.698. The third kappa shape index (κ3) is 4.58. The van der Waals surface area contributed by atoms with E-state index in [2.05, 4.69) is 14.9 Å². The van der Waals surface area contributed by atoms with Gasteiger partial charge < -0.3 is 31.0 Å². The summed E-state index contributed by atoms with van der Waals surface area (Å²) in [7, 11) is 0. The molecule has 3 rings (SSSR count). The molecule has 28 heavy (non-hydrogen) atoms. The number of nitrogens with zero attached hydrogens (tertiary/aromatic N) is 3. The monoisotopic (exact) mass is 388 g/mol. The van der Waals surface area contributed by atoms with Gasteiger partial charge >= 0.3 is 6.09 Å². The molecule has 1 aliphatic rings. The molecule has 10 heteroatoms. The van der Waals surface area contributed by atoms with Crippen LogP contribution in [0.3, 0.4) is 0 Å². The summed E-state index contributed by atoms with van der Waals surface area (Å²) in [6.45, 7) is 2.29. The van der Waals surface area contributed by atoms with E-state index < -0.39 is 17.9 Å². The Balaban J connectivity index is 1.64. The molecule has 0 radical (unpaired) electrons. The lowest BCUT2D eigenvalue weighted by molar-refractivity contribution is 0.149. The molecule has 1 fully saturated rings. The fraction of sp³-hybridized carbons (Fsp3) is 0.278. The number of hydrogen-bond acceptors (Lipinski definition) is 5. The van der Waals surface area contributed by atoms with E-state index in [0.29, 0.717) is 31.9 Å². The van der Waals surface area contributed by atoms with Gasteiger partial charge in [-0.15, -0.1) is 4.99 Å². The molecule has 0 bridgehead atoms. The van der Waals surface area contributed by atoms with Gasteiger partial charge in [-0.2, -0.15) is 0 Å². The number of anilines is 2. The van der Waals surface area contributed by atoms with Crippen LogP contribution in [0.2, 0.25) is 0 Å². The first-order chi connectivity index (χ1) is 13.4. The molecule has 2 heterocycles. The normalized spacial score (nSPS) is 13.9. The van der Waals surface area contributed by atoms with Gasteiger partial charge in [0.15, 0.2) is 11.8 Å². The van der Waals surface area contributed by atoms with Gasteiger partial charge in [-0.05, 0) is 12.1 Å². The van der Waals surface area contributed by atoms with Crippen LogP contribution in [-0.2, 0) is 11.3 Å². The van der Waals surface area contributed by atoms with Crippen molar-refractivity contribution in [3.63, 3.8) is 0 Å². The Hall–Kier alpha value is -3.56. The maximum absolute atomic E-state index is 14.9. The molecule has 0 atom stereocenters. The summed E-state index contributed by atoms with van der Waals surface area (Å²) < 4.78 is 19.7. The molecule has 1 amide bonds. The molecule has 1 aromatic heterocycles. The Morgan fingerprint density at radius 2 is 1.86 bits per heavy atom. The largest absolute Gasteiger partial charge is 0.443 e. The van der Waals surface area contributed by atoms with Crippen molar-refractivity contribution in [3.05, 3.63) is 58.3 Å². The molecule has 1 aromatic carbocycles. The molecule has 0 spiro atoms. The average Bonchev–Trinajstić information content (AvgIpc) is 2.67. The van der Waals surface area contributed by atoms with Crippen molar-refractivity contribution in [2.75, 3.05) is 36.0 Å². The SMILES string of the molecule is NC(N)=NC(=O)OCc1cccc(N2CCN(c3ccc(=O)[nH]c3)CC2)c1F. The second-order valence-corrected chi connectivity index (χ2v) is 6.23. The summed E-state index contributed by atoms with van der Waals surface area (Å²) in [5.74, 6) is -0.864. The van der Waals surface area contributed by atoms with Gasteiger partial charge in [-0.25, -0.2) is 9.18 Å². The number of aromatic nitrogens is 1. The number of ether oxygens (including phenoxy) is 1. The molecule has 1 aliphatic heterocycles. The highest BCUT2D eigenvalue weighted by molar-refractivity contribution is 5.87. The van der Waals surface area contributed by atoms with E-state index in [9.17, 15) is 14.0 Å². The number of nitrogens with two attached hydrogens (primary N) is 2. The number of amides is 1. The number of aromatic amines is 1. The zero-order valence-corrected chi connectivity index (χ0v) is 15.1. The number of halogens is 1. The molecule has 0 unspecified atom stereocenters. The van der Waals surface area contributed by atoms with Gasteiger partial charge in [-0.3, -0.25) is 4.79 Å². The first-order valence-corrected chi connectivity index (χ1v) is 8.66. The third-order valence-electron chi connectivity index (χ3n) is 4.38. The van der Waals surface area contributed by atoms with Crippen LogP contribution in [0.1, 0.15) is 5.56 Å². The van der Waals surface area contributed by atoms with E-state index in [0.717, 1.165) is 5.69 Å². The zero-order valence-electron chi connectivity index (χ0n) is 15.1. The Bertz CT molecular complexity index is 913. The number of pyridine rings is 1. The quantitative estimate of drug-likeness (QED) is 0.520. The van der Waals surface area contributed by atoms with Crippen LogP contribution >= 0.6 is 0 Å². The topological polar surface area (TPSA) is 130 Å². The van der Waals surface area contributed by atoms with Crippen LogP contribution in [0.4, 0.5) is 20.6 Å². The number of hydrogen-bond donors (Lipinski definition) is 3. The average molecular weight is 388 g/mol. The van der Waals surface area contributed by atoms with Crippen molar-refractivity contribution in [2.24, 2.45) is 16.5 Å². The predicted molar refractivity (Wildman–Crippen MR) is 104 cm³/mol. The number of aliphatic imine (C=N–C) groups is 1. The van der Waals surface area contributed by atoms with Crippen molar-refractivity contribution in [1.29, 1.82) is 0 Å². The molecular formula is C18H21FN6O3. The number of carbonyl (C=O) groups is 1. The van der Waals surface area contributed by atoms with Crippen LogP contribution in [0.5, 0.6) is 0 Å². The van der Waals surface area contributed by atoms with Crippen LogP contribution in [0.15, 0.2) is 46.3 Å². The summed E-state index contributed by atoms with van der Waals surface area (Å²) in [6, 6.07) is 8.18. The summed E-state index contributed by atoms with van der Waals surface area (Å²) >= 11 is 0. The summed E-state index contributed by atoms with van der Waals surface area (Å²) in [5, 5.41) is 0. The molecule has 0 saturated carbocycles. The van der Waals surface area contributed by atoms with Gasteiger partial charge in [0.1, 0.15) is 6.61 Å². The number of rotatable bonds is 4. The molecular weight excluding hydrogens is 367 g/mol. The van der Waals surface area contributed by atoms with E-state index in [1.807, 2.05) is 4.90 Å². The van der Waals surface area contributed by atoms with Crippen molar-refractivity contribution in [2.45, 2.75) is 6.61 Å². The lowest BCUT2D eigenvalue weighted by atomic mass is 10.1. The Labute approximate surface area is 160 Å². The summed E-state index contributed by atoms with van der Waals surface area (Å²) in [5.41, 5.74) is 11.6. The van der Waals surface area contributed by atoms with E-state index in [1.165, 1.54) is 12.1 Å². The van der Waals surface area contributed by atoms with Gasteiger partial charge in [0, 0.05) is 44.0 Å². The number of carbonyl (C=O) groups excluding carboxylic acids is 1. The van der Waals surface area contributed by atoms with Crippen molar-refractivity contribution in [3.8, 4) is 0 Å². The van der Waals surface area contributed by atoms with Crippen molar-refractivity contribution >= 4 is 23.4 Å². The van der Waals surface area contributed by atoms with Gasteiger partial charge in [0.2, 0.25) is 5.56 Å². The summed E-state index contributed by atoms with van der Waals surface area (Å²) in [4.78, 5) is 32.5. The number of piperazine rings is 1. The fourth-order valence-electron chi connectivity index (χ4n) is 3.00. The highest BCUT2D eigenvalue weighted by Gasteiger charge is 2.21. The maximum Gasteiger partial charge on any atom is 0.437 e. The zero-order chi connectivity index (χ0) is 20.1. The van der Waals surface area contributed by atoms with Gasteiger partial charge in [-0.1, -0.05) is 12.1 Å². The Morgan fingerprint density at radius 3 is 2.50 bits per heavy atom. The molecule has 2 aromatic rings. The minimum atomic E-state index is -0.973. The maximum atomic E-state index is 14.9. The van der Waals surface area contributed by atoms with Crippen LogP contribution in [0.25, 0.3) is 0 Å². The molecule has 148 valence electrons. The number of nitrogens with one attached hydrogen (secondary N) is 1. The van der Waals surface area contributed by atoms with E-state index >= 15 is 0 Å². The third-order valence-corrected chi connectivity index (χ3v) is 4.38. The number of benzene rings is 1. The molecule has 1 saturated heterocycles. The van der Waals surface area contributed by atoms with Crippen molar-refractivity contribution < 1.29 is 13.9 Å². The lowest BCUT2D eigenvalue weighted by Gasteiger charge is -2.37. The minimum absolute atomic E-state index is 0.151. The van der Waals surface area contributed by atoms with E-state index in [1.54, 1.807) is 24.4 Å². The first-order valence-electron chi connectivity index (χ1n) is 8.66. The number of guanidine groups is 1. The van der Waals surface area contributed by atoms with Gasteiger partial charge in [0.05, 0.1) is 11.4 Å². The molecule has 9 nitrogen and oxygen atoms in total. The second kappa shape index (κ2) is 8.42. The van der Waals surface area contributed by atoms with Crippen LogP contribution < -0.4 is 26.8 Å². The van der Waals surface area contributed by atoms with Crippen LogP contribution in [-0.4, -0.2) is 43.2 Å². The first kappa shape index (κ1) is 19.2. The highest BCUT2D eigenvalue weighted by atomic mass is 19.1.